The van der Waals surface area contributed by atoms with Gasteiger partial charge in [0.15, 0.2) is 0 Å². The molecule has 4 heteroatoms. The van der Waals surface area contributed by atoms with E-state index >= 15 is 0 Å². The standard InChI is InChI=1S/C12H15ClN2S/c1-2-9(13)3-6-14-12-10-5-8-16-11(10)4-7-15-12/h4-5,7-9H,2-3,6H2,1H3,(H,14,15). The molecule has 2 heterocycles. The molecule has 2 aromatic rings. The first-order valence-electron chi connectivity index (χ1n) is 5.51. The van der Waals surface area contributed by atoms with Crippen molar-refractivity contribution >= 4 is 38.8 Å². The molecule has 0 aromatic carbocycles. The number of nitrogens with zero attached hydrogens (tertiary/aromatic N) is 1. The average Bonchev–Trinajstić information content (AvgIpc) is 2.77. The molecular formula is C12H15ClN2S. The van der Waals surface area contributed by atoms with Gasteiger partial charge in [0.25, 0.3) is 0 Å². The van der Waals surface area contributed by atoms with E-state index in [0.29, 0.717) is 0 Å². The SMILES string of the molecule is CCC(Cl)CCNc1nccc2sccc12. The zero-order chi connectivity index (χ0) is 11.4. The number of hydrogen-bond donors (Lipinski definition) is 1. The van der Waals surface area contributed by atoms with Crippen LogP contribution in [0.15, 0.2) is 23.7 Å². The second kappa shape index (κ2) is 5.51. The molecule has 1 unspecified atom stereocenters. The van der Waals surface area contributed by atoms with Gasteiger partial charge >= 0.3 is 0 Å². The van der Waals surface area contributed by atoms with Gasteiger partial charge in [-0.2, -0.15) is 0 Å². The van der Waals surface area contributed by atoms with Gasteiger partial charge in [-0.05, 0) is 30.4 Å². The molecule has 2 aromatic heterocycles. The van der Waals surface area contributed by atoms with Crippen LogP contribution >= 0.6 is 22.9 Å². The quantitative estimate of drug-likeness (QED) is 0.812. The fourth-order valence-electron chi connectivity index (χ4n) is 1.59. The molecule has 0 bridgehead atoms. The van der Waals surface area contributed by atoms with Crippen molar-refractivity contribution in [1.29, 1.82) is 0 Å². The van der Waals surface area contributed by atoms with Crippen LogP contribution in [0.1, 0.15) is 19.8 Å². The van der Waals surface area contributed by atoms with Gasteiger partial charge in [-0.15, -0.1) is 22.9 Å². The molecule has 0 aliphatic rings. The number of alkyl halides is 1. The zero-order valence-electron chi connectivity index (χ0n) is 9.24. The number of fused-ring (bicyclic) bond motifs is 1. The average molecular weight is 255 g/mol. The van der Waals surface area contributed by atoms with Crippen molar-refractivity contribution < 1.29 is 0 Å². The summed E-state index contributed by atoms with van der Waals surface area (Å²) in [6.45, 7) is 2.99. The van der Waals surface area contributed by atoms with Crippen molar-refractivity contribution in [1.82, 2.24) is 4.98 Å². The van der Waals surface area contributed by atoms with Crippen LogP contribution in [0.5, 0.6) is 0 Å². The van der Waals surface area contributed by atoms with Crippen molar-refractivity contribution in [2.24, 2.45) is 0 Å². The maximum absolute atomic E-state index is 6.07. The summed E-state index contributed by atoms with van der Waals surface area (Å²) in [6.07, 6.45) is 3.83. The van der Waals surface area contributed by atoms with E-state index in [1.807, 2.05) is 12.3 Å². The number of rotatable bonds is 5. The molecule has 16 heavy (non-hydrogen) atoms. The third kappa shape index (κ3) is 2.66. The minimum absolute atomic E-state index is 0.258. The molecule has 0 aliphatic heterocycles. The molecule has 0 fully saturated rings. The number of nitrogens with one attached hydrogen (secondary N) is 1. The van der Waals surface area contributed by atoms with Crippen LogP contribution < -0.4 is 5.32 Å². The first kappa shape index (κ1) is 11.7. The molecule has 1 atom stereocenters. The van der Waals surface area contributed by atoms with Gasteiger partial charge in [-0.25, -0.2) is 4.98 Å². The number of aromatic nitrogens is 1. The number of pyridine rings is 1. The van der Waals surface area contributed by atoms with E-state index in [2.05, 4.69) is 28.7 Å². The summed E-state index contributed by atoms with van der Waals surface area (Å²) in [5.74, 6) is 0.971. The topological polar surface area (TPSA) is 24.9 Å². The molecule has 0 amide bonds. The summed E-state index contributed by atoms with van der Waals surface area (Å²) in [7, 11) is 0. The summed E-state index contributed by atoms with van der Waals surface area (Å²) in [4.78, 5) is 4.35. The maximum atomic E-state index is 6.07. The normalized spacial score (nSPS) is 12.9. The van der Waals surface area contributed by atoms with E-state index in [-0.39, 0.29) is 5.38 Å². The van der Waals surface area contributed by atoms with Gasteiger partial charge in [-0.1, -0.05) is 6.92 Å². The monoisotopic (exact) mass is 254 g/mol. The second-order valence-corrected chi connectivity index (χ2v) is 5.28. The van der Waals surface area contributed by atoms with E-state index in [4.69, 9.17) is 11.6 Å². The molecule has 1 N–H and O–H groups in total. The fourth-order valence-corrected chi connectivity index (χ4v) is 2.48. The minimum atomic E-state index is 0.258. The summed E-state index contributed by atoms with van der Waals surface area (Å²) >= 11 is 7.81. The fraction of sp³-hybridized carbons (Fsp3) is 0.417. The van der Waals surface area contributed by atoms with Gasteiger partial charge in [0.05, 0.1) is 0 Å². The van der Waals surface area contributed by atoms with Gasteiger partial charge in [-0.3, -0.25) is 0 Å². The van der Waals surface area contributed by atoms with Gasteiger partial charge in [0.2, 0.25) is 0 Å². The molecule has 0 saturated carbocycles. The Balaban J connectivity index is 2.01. The van der Waals surface area contributed by atoms with Crippen LogP contribution in [0.4, 0.5) is 5.82 Å². The third-order valence-corrected chi connectivity index (χ3v) is 3.98. The van der Waals surface area contributed by atoms with Gasteiger partial charge < -0.3 is 5.32 Å². The summed E-state index contributed by atoms with van der Waals surface area (Å²) in [5, 5.41) is 6.90. The maximum Gasteiger partial charge on any atom is 0.134 e. The third-order valence-electron chi connectivity index (χ3n) is 2.57. The molecule has 86 valence electrons. The largest absolute Gasteiger partial charge is 0.369 e. The van der Waals surface area contributed by atoms with Crippen molar-refractivity contribution in [2.75, 3.05) is 11.9 Å². The number of halogens is 1. The number of hydrogen-bond acceptors (Lipinski definition) is 3. The second-order valence-electron chi connectivity index (χ2n) is 3.71. The summed E-state index contributed by atoms with van der Waals surface area (Å²) in [5.41, 5.74) is 0. The molecule has 2 nitrogen and oxygen atoms in total. The van der Waals surface area contributed by atoms with Crippen LogP contribution in [-0.4, -0.2) is 16.9 Å². The van der Waals surface area contributed by atoms with Crippen LogP contribution in [0.3, 0.4) is 0 Å². The molecule has 0 radical (unpaired) electrons. The first-order chi connectivity index (χ1) is 7.81. The highest BCUT2D eigenvalue weighted by atomic mass is 35.5. The Morgan fingerprint density at radius 2 is 2.38 bits per heavy atom. The van der Waals surface area contributed by atoms with Crippen LogP contribution in [-0.2, 0) is 0 Å². The van der Waals surface area contributed by atoms with E-state index in [0.717, 1.165) is 25.2 Å². The van der Waals surface area contributed by atoms with E-state index in [1.54, 1.807) is 11.3 Å². The number of anilines is 1. The Morgan fingerprint density at radius 3 is 3.19 bits per heavy atom. The van der Waals surface area contributed by atoms with Crippen LogP contribution in [0.2, 0.25) is 0 Å². The Bertz CT molecular complexity index is 455. The highest BCUT2D eigenvalue weighted by Crippen LogP contribution is 2.25. The summed E-state index contributed by atoms with van der Waals surface area (Å²) in [6, 6.07) is 4.15. The van der Waals surface area contributed by atoms with E-state index < -0.39 is 0 Å². The highest BCUT2D eigenvalue weighted by molar-refractivity contribution is 7.17. The van der Waals surface area contributed by atoms with Crippen molar-refractivity contribution in [3.63, 3.8) is 0 Å². The smallest absolute Gasteiger partial charge is 0.134 e. The van der Waals surface area contributed by atoms with Crippen LogP contribution in [0, 0.1) is 0 Å². The lowest BCUT2D eigenvalue weighted by Crippen LogP contribution is -2.08. The molecular weight excluding hydrogens is 240 g/mol. The lowest BCUT2D eigenvalue weighted by molar-refractivity contribution is 0.752. The zero-order valence-corrected chi connectivity index (χ0v) is 10.8. The Labute approximate surface area is 105 Å². The van der Waals surface area contributed by atoms with Gasteiger partial charge in [0, 0.05) is 28.2 Å². The van der Waals surface area contributed by atoms with Crippen molar-refractivity contribution in [3.8, 4) is 0 Å². The molecule has 0 spiro atoms. The van der Waals surface area contributed by atoms with Crippen molar-refractivity contribution in [2.45, 2.75) is 25.1 Å². The lowest BCUT2D eigenvalue weighted by atomic mass is 10.2. The predicted molar refractivity (Wildman–Crippen MR) is 72.7 cm³/mol. The Morgan fingerprint density at radius 1 is 1.50 bits per heavy atom. The Kier molecular flexibility index (Phi) is 4.02. The van der Waals surface area contributed by atoms with E-state index in [1.165, 1.54) is 10.1 Å². The molecule has 0 saturated heterocycles. The van der Waals surface area contributed by atoms with Crippen LogP contribution in [0.25, 0.3) is 10.1 Å². The molecule has 2 rings (SSSR count). The summed E-state index contributed by atoms with van der Waals surface area (Å²) < 4.78 is 1.27. The van der Waals surface area contributed by atoms with Crippen molar-refractivity contribution in [3.05, 3.63) is 23.7 Å². The predicted octanol–water partition coefficient (Wildman–Crippen LogP) is 4.12. The minimum Gasteiger partial charge on any atom is -0.369 e. The highest BCUT2D eigenvalue weighted by Gasteiger charge is 2.04. The lowest BCUT2D eigenvalue weighted by Gasteiger charge is -2.09. The Hall–Kier alpha value is -0.800. The van der Waals surface area contributed by atoms with Gasteiger partial charge in [0.1, 0.15) is 5.82 Å². The number of thiophene rings is 1. The van der Waals surface area contributed by atoms with E-state index in [9.17, 15) is 0 Å². The molecule has 0 aliphatic carbocycles. The first-order valence-corrected chi connectivity index (χ1v) is 6.83.